The van der Waals surface area contributed by atoms with E-state index in [0.717, 1.165) is 36.7 Å². The van der Waals surface area contributed by atoms with Gasteiger partial charge < -0.3 is 9.80 Å². The van der Waals surface area contributed by atoms with Gasteiger partial charge in [-0.2, -0.15) is 0 Å². The number of rotatable bonds is 4. The van der Waals surface area contributed by atoms with E-state index in [-0.39, 0.29) is 0 Å². The van der Waals surface area contributed by atoms with Crippen molar-refractivity contribution in [3.8, 4) is 0 Å². The molecule has 0 bridgehead atoms. The first-order valence-corrected chi connectivity index (χ1v) is 8.84. The third kappa shape index (κ3) is 3.19. The summed E-state index contributed by atoms with van der Waals surface area (Å²) in [6.07, 6.45) is 5.26. The molecule has 0 unspecified atom stereocenters. The lowest BCUT2D eigenvalue weighted by atomic mass is 10.3. The standard InChI is InChI=1S/C16H24N4S/c1-3-6-19-7-5-8-20(10-9-19)15-14-11-13(4-2)21-16(14)18-12-17-15/h11-12H,3-10H2,1-2H3. The van der Waals surface area contributed by atoms with Gasteiger partial charge in [0.1, 0.15) is 17.0 Å². The fourth-order valence-electron chi connectivity index (χ4n) is 3.04. The van der Waals surface area contributed by atoms with Crippen LogP contribution in [-0.2, 0) is 6.42 Å². The predicted octanol–water partition coefficient (Wildman–Crippen LogP) is 3.18. The number of aryl methyl sites for hydroxylation is 1. The smallest absolute Gasteiger partial charge is 0.140 e. The molecule has 0 saturated carbocycles. The lowest BCUT2D eigenvalue weighted by Crippen LogP contribution is -2.31. The predicted molar refractivity (Wildman–Crippen MR) is 90.4 cm³/mol. The molecule has 0 aliphatic carbocycles. The van der Waals surface area contributed by atoms with Gasteiger partial charge in [-0.25, -0.2) is 9.97 Å². The van der Waals surface area contributed by atoms with Crippen LogP contribution in [0, 0.1) is 0 Å². The summed E-state index contributed by atoms with van der Waals surface area (Å²) in [6.45, 7) is 10.2. The van der Waals surface area contributed by atoms with Gasteiger partial charge >= 0.3 is 0 Å². The van der Waals surface area contributed by atoms with Gasteiger partial charge in [0, 0.05) is 24.5 Å². The van der Waals surface area contributed by atoms with Crippen molar-refractivity contribution in [3.63, 3.8) is 0 Å². The highest BCUT2D eigenvalue weighted by Crippen LogP contribution is 2.30. The molecule has 0 aromatic carbocycles. The number of aromatic nitrogens is 2. The summed E-state index contributed by atoms with van der Waals surface area (Å²) in [5.74, 6) is 1.13. The zero-order valence-corrected chi connectivity index (χ0v) is 13.8. The fourth-order valence-corrected chi connectivity index (χ4v) is 3.97. The van der Waals surface area contributed by atoms with Crippen LogP contribution in [0.3, 0.4) is 0 Å². The molecule has 1 aliphatic rings. The van der Waals surface area contributed by atoms with Crippen molar-refractivity contribution in [3.05, 3.63) is 17.3 Å². The zero-order chi connectivity index (χ0) is 14.7. The normalized spacial score (nSPS) is 17.3. The number of anilines is 1. The summed E-state index contributed by atoms with van der Waals surface area (Å²) >= 11 is 1.80. The molecular formula is C16H24N4S. The number of nitrogens with zero attached hydrogens (tertiary/aromatic N) is 4. The maximum Gasteiger partial charge on any atom is 0.140 e. The van der Waals surface area contributed by atoms with Gasteiger partial charge in [0.25, 0.3) is 0 Å². The van der Waals surface area contributed by atoms with E-state index in [2.05, 4.69) is 39.7 Å². The van der Waals surface area contributed by atoms with E-state index in [1.165, 1.54) is 36.2 Å². The van der Waals surface area contributed by atoms with Crippen LogP contribution >= 0.6 is 11.3 Å². The van der Waals surface area contributed by atoms with Crippen molar-refractivity contribution in [2.45, 2.75) is 33.1 Å². The highest BCUT2D eigenvalue weighted by atomic mass is 32.1. The lowest BCUT2D eigenvalue weighted by Gasteiger charge is -2.22. The van der Waals surface area contributed by atoms with Gasteiger partial charge in [-0.15, -0.1) is 11.3 Å². The second-order valence-electron chi connectivity index (χ2n) is 5.66. The Balaban J connectivity index is 1.84. The first-order valence-electron chi connectivity index (χ1n) is 8.02. The van der Waals surface area contributed by atoms with Crippen molar-refractivity contribution in [1.82, 2.24) is 14.9 Å². The van der Waals surface area contributed by atoms with Crippen LogP contribution in [-0.4, -0.2) is 47.6 Å². The van der Waals surface area contributed by atoms with Crippen LogP contribution in [0.5, 0.6) is 0 Å². The van der Waals surface area contributed by atoms with Crippen molar-refractivity contribution in [1.29, 1.82) is 0 Å². The van der Waals surface area contributed by atoms with Crippen LogP contribution in [0.15, 0.2) is 12.4 Å². The number of fused-ring (bicyclic) bond motifs is 1. The molecule has 1 fully saturated rings. The molecule has 1 saturated heterocycles. The van der Waals surface area contributed by atoms with Crippen LogP contribution in [0.2, 0.25) is 0 Å². The highest BCUT2D eigenvalue weighted by molar-refractivity contribution is 7.18. The number of hydrogen-bond donors (Lipinski definition) is 0. The Hall–Kier alpha value is -1.20. The third-order valence-corrected chi connectivity index (χ3v) is 5.32. The Labute approximate surface area is 130 Å². The van der Waals surface area contributed by atoms with Crippen molar-refractivity contribution >= 4 is 27.4 Å². The SMILES string of the molecule is CCCN1CCCN(c2ncnc3sc(CC)cc23)CC1. The zero-order valence-electron chi connectivity index (χ0n) is 13.0. The molecule has 21 heavy (non-hydrogen) atoms. The highest BCUT2D eigenvalue weighted by Gasteiger charge is 2.18. The van der Waals surface area contributed by atoms with E-state index >= 15 is 0 Å². The van der Waals surface area contributed by atoms with Crippen LogP contribution in [0.1, 0.15) is 31.6 Å². The molecule has 4 nitrogen and oxygen atoms in total. The van der Waals surface area contributed by atoms with Crippen molar-refractivity contribution in [2.24, 2.45) is 0 Å². The topological polar surface area (TPSA) is 32.3 Å². The second kappa shape index (κ2) is 6.71. The summed E-state index contributed by atoms with van der Waals surface area (Å²) in [7, 11) is 0. The Morgan fingerprint density at radius 1 is 1.14 bits per heavy atom. The monoisotopic (exact) mass is 304 g/mol. The van der Waals surface area contributed by atoms with Crippen LogP contribution in [0.25, 0.3) is 10.2 Å². The van der Waals surface area contributed by atoms with Crippen molar-refractivity contribution in [2.75, 3.05) is 37.6 Å². The van der Waals surface area contributed by atoms with Crippen LogP contribution in [0.4, 0.5) is 5.82 Å². The molecule has 3 rings (SSSR count). The molecule has 0 amide bonds. The average Bonchev–Trinajstić information content (AvgIpc) is 2.80. The molecule has 0 spiro atoms. The maximum absolute atomic E-state index is 4.59. The lowest BCUT2D eigenvalue weighted by molar-refractivity contribution is 0.294. The summed E-state index contributed by atoms with van der Waals surface area (Å²) in [6, 6.07) is 2.28. The summed E-state index contributed by atoms with van der Waals surface area (Å²) < 4.78 is 0. The molecule has 114 valence electrons. The molecule has 1 aliphatic heterocycles. The van der Waals surface area contributed by atoms with Gasteiger partial charge in [0.05, 0.1) is 5.39 Å². The van der Waals surface area contributed by atoms with Gasteiger partial charge in [0.15, 0.2) is 0 Å². The van der Waals surface area contributed by atoms with Gasteiger partial charge in [-0.1, -0.05) is 13.8 Å². The van der Waals surface area contributed by atoms with E-state index in [1.807, 2.05) is 0 Å². The number of hydrogen-bond acceptors (Lipinski definition) is 5. The quantitative estimate of drug-likeness (QED) is 0.868. The molecule has 5 heteroatoms. The molecule has 2 aromatic heterocycles. The Morgan fingerprint density at radius 3 is 2.86 bits per heavy atom. The average molecular weight is 304 g/mol. The Bertz CT molecular complexity index is 595. The van der Waals surface area contributed by atoms with Crippen LogP contribution < -0.4 is 4.90 Å². The van der Waals surface area contributed by atoms with Crippen molar-refractivity contribution < 1.29 is 0 Å². The van der Waals surface area contributed by atoms with E-state index in [9.17, 15) is 0 Å². The molecule has 0 atom stereocenters. The minimum Gasteiger partial charge on any atom is -0.355 e. The maximum atomic E-state index is 4.59. The first-order chi connectivity index (χ1) is 10.3. The summed E-state index contributed by atoms with van der Waals surface area (Å²) in [5, 5.41) is 1.24. The van der Waals surface area contributed by atoms with Gasteiger partial charge in [-0.3, -0.25) is 0 Å². The Morgan fingerprint density at radius 2 is 2.05 bits per heavy atom. The molecule has 0 N–H and O–H groups in total. The first kappa shape index (κ1) is 14.7. The molecule has 2 aromatic rings. The van der Waals surface area contributed by atoms with E-state index in [0.29, 0.717) is 0 Å². The van der Waals surface area contributed by atoms with Gasteiger partial charge in [0.2, 0.25) is 0 Å². The summed E-state index contributed by atoms with van der Waals surface area (Å²) in [4.78, 5) is 16.6. The fraction of sp³-hybridized carbons (Fsp3) is 0.625. The Kier molecular flexibility index (Phi) is 4.70. The summed E-state index contributed by atoms with van der Waals surface area (Å²) in [5.41, 5.74) is 0. The minimum absolute atomic E-state index is 1.07. The second-order valence-corrected chi connectivity index (χ2v) is 6.78. The third-order valence-electron chi connectivity index (χ3n) is 4.14. The van der Waals surface area contributed by atoms with Gasteiger partial charge in [-0.05, 0) is 38.4 Å². The minimum atomic E-state index is 1.07. The number of thiophene rings is 1. The van der Waals surface area contributed by atoms with E-state index < -0.39 is 0 Å². The van der Waals surface area contributed by atoms with E-state index in [4.69, 9.17) is 0 Å². The molecule has 3 heterocycles. The molecular weight excluding hydrogens is 280 g/mol. The molecule has 0 radical (unpaired) electrons. The van der Waals surface area contributed by atoms with E-state index in [1.54, 1.807) is 17.7 Å². The largest absolute Gasteiger partial charge is 0.355 e.